The van der Waals surface area contributed by atoms with Crippen LogP contribution in [0.2, 0.25) is 0 Å². The van der Waals surface area contributed by atoms with E-state index in [1.165, 1.54) is 19.3 Å². The number of ether oxygens (including phenoxy) is 2. The quantitative estimate of drug-likeness (QED) is 0.906. The van der Waals surface area contributed by atoms with Gasteiger partial charge in [0.05, 0.1) is 14.2 Å². The maximum Gasteiger partial charge on any atom is 0.161 e. The van der Waals surface area contributed by atoms with Gasteiger partial charge in [0.25, 0.3) is 0 Å². The second kappa shape index (κ2) is 6.67. The first-order chi connectivity index (χ1) is 10.0. The van der Waals surface area contributed by atoms with Gasteiger partial charge in [0.15, 0.2) is 11.5 Å². The average Bonchev–Trinajstić information content (AvgIpc) is 2.54. The van der Waals surface area contributed by atoms with Crippen LogP contribution in [0.5, 0.6) is 11.5 Å². The highest BCUT2D eigenvalue weighted by molar-refractivity contribution is 5.44. The molecule has 118 valence electrons. The molecule has 0 amide bonds. The molecule has 0 radical (unpaired) electrons. The smallest absolute Gasteiger partial charge is 0.161 e. The molecule has 0 bridgehead atoms. The van der Waals surface area contributed by atoms with E-state index in [4.69, 9.17) is 15.2 Å². The minimum atomic E-state index is -0.0694. The van der Waals surface area contributed by atoms with Crippen LogP contribution >= 0.6 is 0 Å². The highest BCUT2D eigenvalue weighted by Gasteiger charge is 2.35. The molecule has 1 aliphatic rings. The topological polar surface area (TPSA) is 47.7 Å². The Labute approximate surface area is 128 Å². The summed E-state index contributed by atoms with van der Waals surface area (Å²) in [6, 6.07) is 5.91. The van der Waals surface area contributed by atoms with Gasteiger partial charge in [-0.2, -0.15) is 0 Å². The number of nitrogens with zero attached hydrogens (tertiary/aromatic N) is 1. The molecule has 1 fully saturated rings. The Hall–Kier alpha value is -1.26. The van der Waals surface area contributed by atoms with E-state index in [1.54, 1.807) is 14.2 Å². The number of likely N-dealkylation sites (tertiary alicyclic amines) is 1. The summed E-state index contributed by atoms with van der Waals surface area (Å²) in [4.78, 5) is 2.51. The normalized spacial score (nSPS) is 18.3. The lowest BCUT2D eigenvalue weighted by Gasteiger charge is -2.44. The number of benzene rings is 1. The SMILES string of the molecule is COc1ccc(C(N)C(C)(C)N2CCCCC2)cc1OC. The molecule has 0 saturated carbocycles. The van der Waals surface area contributed by atoms with Crippen molar-refractivity contribution < 1.29 is 9.47 Å². The van der Waals surface area contributed by atoms with Crippen LogP contribution in [0.25, 0.3) is 0 Å². The molecule has 1 heterocycles. The van der Waals surface area contributed by atoms with Gasteiger partial charge in [-0.25, -0.2) is 0 Å². The minimum Gasteiger partial charge on any atom is -0.493 e. The number of hydrogen-bond acceptors (Lipinski definition) is 4. The molecule has 2 rings (SSSR count). The summed E-state index contributed by atoms with van der Waals surface area (Å²) in [5.74, 6) is 1.48. The summed E-state index contributed by atoms with van der Waals surface area (Å²) < 4.78 is 10.7. The van der Waals surface area contributed by atoms with E-state index in [-0.39, 0.29) is 11.6 Å². The summed E-state index contributed by atoms with van der Waals surface area (Å²) in [6.07, 6.45) is 3.86. The third kappa shape index (κ3) is 3.33. The monoisotopic (exact) mass is 292 g/mol. The zero-order valence-corrected chi connectivity index (χ0v) is 13.7. The highest BCUT2D eigenvalue weighted by Crippen LogP contribution is 2.35. The van der Waals surface area contributed by atoms with Crippen LogP contribution in [0.1, 0.15) is 44.7 Å². The molecule has 1 unspecified atom stereocenters. The molecule has 21 heavy (non-hydrogen) atoms. The fraction of sp³-hybridized carbons (Fsp3) is 0.647. The van der Waals surface area contributed by atoms with Gasteiger partial charge in [0.2, 0.25) is 0 Å². The highest BCUT2D eigenvalue weighted by atomic mass is 16.5. The largest absolute Gasteiger partial charge is 0.493 e. The van der Waals surface area contributed by atoms with Gasteiger partial charge < -0.3 is 15.2 Å². The van der Waals surface area contributed by atoms with Crippen molar-refractivity contribution in [2.45, 2.75) is 44.7 Å². The van der Waals surface area contributed by atoms with Gasteiger partial charge in [0, 0.05) is 11.6 Å². The van der Waals surface area contributed by atoms with E-state index in [2.05, 4.69) is 18.7 Å². The number of piperidine rings is 1. The summed E-state index contributed by atoms with van der Waals surface area (Å²) >= 11 is 0. The Bertz CT molecular complexity index is 468. The van der Waals surface area contributed by atoms with E-state index < -0.39 is 0 Å². The van der Waals surface area contributed by atoms with Gasteiger partial charge in [-0.05, 0) is 57.5 Å². The molecular formula is C17H28N2O2. The molecule has 0 spiro atoms. The zero-order valence-electron chi connectivity index (χ0n) is 13.7. The van der Waals surface area contributed by atoms with Crippen molar-refractivity contribution in [1.29, 1.82) is 0 Å². The lowest BCUT2D eigenvalue weighted by Crippen LogP contribution is -2.53. The van der Waals surface area contributed by atoms with Crippen molar-refractivity contribution in [3.05, 3.63) is 23.8 Å². The number of rotatable bonds is 5. The van der Waals surface area contributed by atoms with Crippen molar-refractivity contribution >= 4 is 0 Å². The molecule has 4 nitrogen and oxygen atoms in total. The molecule has 0 aliphatic carbocycles. The van der Waals surface area contributed by atoms with Crippen LogP contribution in [0.4, 0.5) is 0 Å². The van der Waals surface area contributed by atoms with Crippen LogP contribution in [0.15, 0.2) is 18.2 Å². The molecule has 1 aromatic rings. The second-order valence-corrected chi connectivity index (χ2v) is 6.29. The summed E-state index contributed by atoms with van der Waals surface area (Å²) in [7, 11) is 3.30. The first-order valence-electron chi connectivity index (χ1n) is 7.73. The maximum atomic E-state index is 6.58. The van der Waals surface area contributed by atoms with Crippen LogP contribution in [-0.2, 0) is 0 Å². The Kier molecular flexibility index (Phi) is 5.12. The fourth-order valence-corrected chi connectivity index (χ4v) is 3.12. The van der Waals surface area contributed by atoms with Crippen molar-refractivity contribution in [2.24, 2.45) is 5.73 Å². The molecule has 1 saturated heterocycles. The number of hydrogen-bond donors (Lipinski definition) is 1. The third-order valence-electron chi connectivity index (χ3n) is 4.70. The Balaban J connectivity index is 2.23. The minimum absolute atomic E-state index is 0.0598. The third-order valence-corrected chi connectivity index (χ3v) is 4.70. The van der Waals surface area contributed by atoms with Crippen LogP contribution < -0.4 is 15.2 Å². The van der Waals surface area contributed by atoms with E-state index in [0.29, 0.717) is 0 Å². The molecule has 1 aromatic carbocycles. The van der Waals surface area contributed by atoms with Crippen molar-refractivity contribution in [3.8, 4) is 11.5 Å². The Morgan fingerprint density at radius 1 is 1.05 bits per heavy atom. The molecule has 2 N–H and O–H groups in total. The van der Waals surface area contributed by atoms with E-state index in [1.807, 2.05) is 18.2 Å². The molecular weight excluding hydrogens is 264 g/mol. The van der Waals surface area contributed by atoms with E-state index in [9.17, 15) is 0 Å². The molecule has 1 atom stereocenters. The molecule has 1 aliphatic heterocycles. The van der Waals surface area contributed by atoms with Crippen molar-refractivity contribution in [3.63, 3.8) is 0 Å². The second-order valence-electron chi connectivity index (χ2n) is 6.29. The van der Waals surface area contributed by atoms with Crippen molar-refractivity contribution in [1.82, 2.24) is 4.90 Å². The molecule has 4 heteroatoms. The molecule has 0 aromatic heterocycles. The number of nitrogens with two attached hydrogens (primary N) is 1. The predicted molar refractivity (Wildman–Crippen MR) is 86.0 cm³/mol. The van der Waals surface area contributed by atoms with Crippen LogP contribution in [-0.4, -0.2) is 37.7 Å². The van der Waals surface area contributed by atoms with E-state index in [0.717, 1.165) is 30.2 Å². The maximum absolute atomic E-state index is 6.58. The first-order valence-corrected chi connectivity index (χ1v) is 7.73. The average molecular weight is 292 g/mol. The van der Waals surface area contributed by atoms with Crippen LogP contribution in [0.3, 0.4) is 0 Å². The van der Waals surface area contributed by atoms with Gasteiger partial charge in [-0.3, -0.25) is 4.90 Å². The van der Waals surface area contributed by atoms with E-state index >= 15 is 0 Å². The zero-order chi connectivity index (χ0) is 15.5. The van der Waals surface area contributed by atoms with Gasteiger partial charge in [-0.15, -0.1) is 0 Å². The van der Waals surface area contributed by atoms with Crippen molar-refractivity contribution in [2.75, 3.05) is 27.3 Å². The Morgan fingerprint density at radius 2 is 1.67 bits per heavy atom. The fourth-order valence-electron chi connectivity index (χ4n) is 3.12. The van der Waals surface area contributed by atoms with Crippen LogP contribution in [0, 0.1) is 0 Å². The van der Waals surface area contributed by atoms with Gasteiger partial charge in [-0.1, -0.05) is 12.5 Å². The summed E-state index contributed by atoms with van der Waals surface area (Å²) in [5, 5.41) is 0. The summed E-state index contributed by atoms with van der Waals surface area (Å²) in [5.41, 5.74) is 7.60. The van der Waals surface area contributed by atoms with Gasteiger partial charge >= 0.3 is 0 Å². The standard InChI is InChI=1S/C17H28N2O2/c1-17(2,19-10-6-5-7-11-19)16(18)13-8-9-14(20-3)15(12-13)21-4/h8-9,12,16H,5-7,10-11,18H2,1-4H3. The lowest BCUT2D eigenvalue weighted by molar-refractivity contribution is 0.0729. The summed E-state index contributed by atoms with van der Waals surface area (Å²) in [6.45, 7) is 6.74. The van der Waals surface area contributed by atoms with Gasteiger partial charge in [0.1, 0.15) is 0 Å². The lowest BCUT2D eigenvalue weighted by atomic mass is 9.86. The number of methoxy groups -OCH3 is 2. The first kappa shape index (κ1) is 16.1. The predicted octanol–water partition coefficient (Wildman–Crippen LogP) is 2.97. The Morgan fingerprint density at radius 3 is 2.24 bits per heavy atom.